The molecule has 3 N–H and O–H groups in total. The number of hydrogen-bond acceptors (Lipinski definition) is 4. The molecule has 1 unspecified atom stereocenters. The lowest BCUT2D eigenvalue weighted by atomic mass is 10.0. The van der Waals surface area contributed by atoms with Gasteiger partial charge in [-0.1, -0.05) is 18.2 Å². The second-order valence-electron chi connectivity index (χ2n) is 5.69. The Morgan fingerprint density at radius 1 is 1.50 bits per heavy atom. The van der Waals surface area contributed by atoms with Gasteiger partial charge in [-0.2, -0.15) is 0 Å². The van der Waals surface area contributed by atoms with Crippen molar-refractivity contribution in [2.24, 2.45) is 0 Å². The van der Waals surface area contributed by atoms with Crippen molar-refractivity contribution >= 4 is 11.6 Å². The first-order chi connectivity index (χ1) is 9.48. The lowest BCUT2D eigenvalue weighted by Gasteiger charge is -2.27. The van der Waals surface area contributed by atoms with E-state index < -0.39 is 5.60 Å². The van der Waals surface area contributed by atoms with Crippen molar-refractivity contribution < 1.29 is 9.90 Å². The average molecular weight is 277 g/mol. The summed E-state index contributed by atoms with van der Waals surface area (Å²) in [6.45, 7) is 4.17. The molecule has 1 aromatic rings. The summed E-state index contributed by atoms with van der Waals surface area (Å²) < 4.78 is 0. The minimum absolute atomic E-state index is 0.0589. The zero-order chi connectivity index (χ0) is 14.6. The predicted molar refractivity (Wildman–Crippen MR) is 79.7 cm³/mol. The van der Waals surface area contributed by atoms with Gasteiger partial charge in [0, 0.05) is 18.8 Å². The number of carbonyl (C=O) groups is 1. The van der Waals surface area contributed by atoms with Gasteiger partial charge in [0.2, 0.25) is 5.91 Å². The third kappa shape index (κ3) is 4.03. The molecule has 1 aliphatic rings. The van der Waals surface area contributed by atoms with Gasteiger partial charge in [0.1, 0.15) is 0 Å². The van der Waals surface area contributed by atoms with Crippen LogP contribution in [0.2, 0.25) is 0 Å². The van der Waals surface area contributed by atoms with Crippen LogP contribution < -0.4 is 10.6 Å². The van der Waals surface area contributed by atoms with E-state index in [4.69, 9.17) is 0 Å². The molecule has 5 heteroatoms. The van der Waals surface area contributed by atoms with Gasteiger partial charge in [0.05, 0.1) is 12.1 Å². The van der Waals surface area contributed by atoms with E-state index in [1.54, 1.807) is 0 Å². The normalized spacial score (nSPS) is 22.2. The number of rotatable bonds is 5. The van der Waals surface area contributed by atoms with Crippen LogP contribution >= 0.6 is 0 Å². The summed E-state index contributed by atoms with van der Waals surface area (Å²) in [6.07, 6.45) is 0.733. The van der Waals surface area contributed by atoms with Crippen molar-refractivity contribution in [2.45, 2.75) is 18.9 Å². The van der Waals surface area contributed by atoms with Crippen LogP contribution in [0.25, 0.3) is 0 Å². The molecule has 0 radical (unpaired) electrons. The van der Waals surface area contributed by atoms with E-state index in [9.17, 15) is 9.90 Å². The lowest BCUT2D eigenvalue weighted by molar-refractivity contribution is -0.117. The highest BCUT2D eigenvalue weighted by atomic mass is 16.3. The summed E-state index contributed by atoms with van der Waals surface area (Å²) in [5, 5.41) is 16.3. The second kappa shape index (κ2) is 6.35. The third-order valence-electron chi connectivity index (χ3n) is 3.62. The van der Waals surface area contributed by atoms with E-state index in [1.165, 1.54) is 0 Å². The molecule has 20 heavy (non-hydrogen) atoms. The van der Waals surface area contributed by atoms with E-state index in [1.807, 2.05) is 43.1 Å². The molecule has 0 spiro atoms. The van der Waals surface area contributed by atoms with Crippen molar-refractivity contribution in [2.75, 3.05) is 38.5 Å². The van der Waals surface area contributed by atoms with E-state index in [0.717, 1.165) is 24.2 Å². The molecule has 1 atom stereocenters. The van der Waals surface area contributed by atoms with Crippen molar-refractivity contribution in [3.63, 3.8) is 0 Å². The molecule has 1 amide bonds. The number of carbonyl (C=O) groups excluding carboxylic acids is 1. The van der Waals surface area contributed by atoms with Crippen molar-refractivity contribution in [3.05, 3.63) is 29.8 Å². The molecule has 110 valence electrons. The smallest absolute Gasteiger partial charge is 0.238 e. The largest absolute Gasteiger partial charge is 0.387 e. The Bertz CT molecular complexity index is 470. The molecule has 1 heterocycles. The zero-order valence-corrected chi connectivity index (χ0v) is 12.1. The summed E-state index contributed by atoms with van der Waals surface area (Å²) in [7, 11) is 1.85. The Hall–Kier alpha value is -1.43. The average Bonchev–Trinajstić information content (AvgIpc) is 2.78. The molecule has 0 aliphatic carbocycles. The number of β-amino-alcohol motifs (C(OH)–C–C–N with tert-alkyl or cyclic N) is 1. The molecular formula is C15H23N3O2. The molecule has 0 saturated carbocycles. The van der Waals surface area contributed by atoms with Gasteiger partial charge in [-0.25, -0.2) is 0 Å². The van der Waals surface area contributed by atoms with Gasteiger partial charge < -0.3 is 15.7 Å². The van der Waals surface area contributed by atoms with Gasteiger partial charge in [0.15, 0.2) is 0 Å². The zero-order valence-electron chi connectivity index (χ0n) is 12.1. The van der Waals surface area contributed by atoms with Crippen LogP contribution in [0.15, 0.2) is 24.3 Å². The molecule has 1 aliphatic heterocycles. The quantitative estimate of drug-likeness (QED) is 0.737. The molecule has 1 aromatic carbocycles. The number of anilines is 1. The van der Waals surface area contributed by atoms with Crippen LogP contribution in [0.1, 0.15) is 12.0 Å². The van der Waals surface area contributed by atoms with Crippen LogP contribution in [0.3, 0.4) is 0 Å². The number of para-hydroxylation sites is 1. The highest BCUT2D eigenvalue weighted by Crippen LogP contribution is 2.16. The van der Waals surface area contributed by atoms with Crippen molar-refractivity contribution in [3.8, 4) is 0 Å². The number of likely N-dealkylation sites (N-methyl/N-ethyl adjacent to an activating group) is 1. The topological polar surface area (TPSA) is 64.6 Å². The van der Waals surface area contributed by atoms with E-state index in [0.29, 0.717) is 13.1 Å². The monoisotopic (exact) mass is 277 g/mol. The maximum absolute atomic E-state index is 12.0. The maximum atomic E-state index is 12.0. The van der Waals surface area contributed by atoms with Crippen LogP contribution in [-0.2, 0) is 4.79 Å². The fourth-order valence-corrected chi connectivity index (χ4v) is 2.57. The van der Waals surface area contributed by atoms with E-state index in [-0.39, 0.29) is 12.5 Å². The predicted octanol–water partition coefficient (Wildman–Crippen LogP) is 0.590. The molecule has 0 bridgehead atoms. The number of benzene rings is 1. The Morgan fingerprint density at radius 2 is 2.25 bits per heavy atom. The van der Waals surface area contributed by atoms with Crippen LogP contribution in [0.5, 0.6) is 0 Å². The van der Waals surface area contributed by atoms with Gasteiger partial charge in [0.25, 0.3) is 0 Å². The van der Waals surface area contributed by atoms with Crippen molar-refractivity contribution in [1.82, 2.24) is 10.2 Å². The highest BCUT2D eigenvalue weighted by Gasteiger charge is 2.32. The summed E-state index contributed by atoms with van der Waals surface area (Å²) in [4.78, 5) is 13.9. The first kappa shape index (κ1) is 15.0. The number of amides is 1. The summed E-state index contributed by atoms with van der Waals surface area (Å²) >= 11 is 0. The fourth-order valence-electron chi connectivity index (χ4n) is 2.57. The Balaban J connectivity index is 1.83. The van der Waals surface area contributed by atoms with Crippen molar-refractivity contribution in [1.29, 1.82) is 0 Å². The standard InChI is InChI=1S/C15H23N3O2/c1-12-5-3-4-6-13(12)17-14(19)9-18(2)11-15(20)7-8-16-10-15/h3-6,16,20H,7-11H2,1-2H3,(H,17,19). The summed E-state index contributed by atoms with van der Waals surface area (Å²) in [5.41, 5.74) is 1.17. The highest BCUT2D eigenvalue weighted by molar-refractivity contribution is 5.92. The third-order valence-corrected chi connectivity index (χ3v) is 3.62. The molecule has 0 aromatic heterocycles. The molecule has 1 fully saturated rings. The lowest BCUT2D eigenvalue weighted by Crippen LogP contribution is -2.45. The molecule has 5 nitrogen and oxygen atoms in total. The van der Waals surface area contributed by atoms with Gasteiger partial charge >= 0.3 is 0 Å². The van der Waals surface area contributed by atoms with E-state index >= 15 is 0 Å². The Labute approximate surface area is 120 Å². The summed E-state index contributed by atoms with van der Waals surface area (Å²) in [5.74, 6) is -0.0589. The van der Waals surface area contributed by atoms with E-state index in [2.05, 4.69) is 10.6 Å². The number of hydrogen-bond donors (Lipinski definition) is 3. The molecule has 2 rings (SSSR count). The van der Waals surface area contributed by atoms with Crippen LogP contribution in [0, 0.1) is 6.92 Å². The van der Waals surface area contributed by atoms with Gasteiger partial charge in [-0.3, -0.25) is 9.69 Å². The van der Waals surface area contributed by atoms with Gasteiger partial charge in [-0.15, -0.1) is 0 Å². The first-order valence-corrected chi connectivity index (χ1v) is 6.96. The maximum Gasteiger partial charge on any atom is 0.238 e. The second-order valence-corrected chi connectivity index (χ2v) is 5.69. The van der Waals surface area contributed by atoms with Crippen LogP contribution in [-0.4, -0.2) is 54.7 Å². The number of aliphatic hydroxyl groups is 1. The Kier molecular flexibility index (Phi) is 4.75. The summed E-state index contributed by atoms with van der Waals surface area (Å²) in [6, 6.07) is 7.70. The number of nitrogens with one attached hydrogen (secondary N) is 2. The minimum atomic E-state index is -0.711. The first-order valence-electron chi connectivity index (χ1n) is 6.96. The SMILES string of the molecule is Cc1ccccc1NC(=O)CN(C)CC1(O)CCNC1. The van der Waals surface area contributed by atoms with Gasteiger partial charge in [-0.05, 0) is 38.6 Å². The fraction of sp³-hybridized carbons (Fsp3) is 0.533. The molecule has 1 saturated heterocycles. The Morgan fingerprint density at radius 3 is 2.90 bits per heavy atom. The number of nitrogens with zero attached hydrogens (tertiary/aromatic N) is 1. The molecular weight excluding hydrogens is 254 g/mol. The minimum Gasteiger partial charge on any atom is -0.387 e. The van der Waals surface area contributed by atoms with Crippen LogP contribution in [0.4, 0.5) is 5.69 Å². The number of aryl methyl sites for hydroxylation is 1.